The normalized spacial score (nSPS) is 10.6. The molecule has 5 N–H and O–H groups in total. The van der Waals surface area contributed by atoms with Crippen molar-refractivity contribution in [2.24, 2.45) is 5.73 Å². The summed E-state index contributed by atoms with van der Waals surface area (Å²) in [4.78, 5) is 32.9. The van der Waals surface area contributed by atoms with Crippen molar-refractivity contribution in [1.29, 1.82) is 0 Å². The van der Waals surface area contributed by atoms with Gasteiger partial charge in [-0.15, -0.1) is 0 Å². The van der Waals surface area contributed by atoms with Crippen LogP contribution in [-0.2, 0) is 4.79 Å². The molecule has 0 heterocycles. The lowest BCUT2D eigenvalue weighted by atomic mass is 10.2. The van der Waals surface area contributed by atoms with Gasteiger partial charge in [0.1, 0.15) is 5.70 Å². The molecule has 3 amide bonds. The highest BCUT2D eigenvalue weighted by atomic mass is 16.4. The first-order valence-electron chi connectivity index (χ1n) is 4.86. The first-order valence-corrected chi connectivity index (χ1v) is 4.86. The minimum Gasteiger partial charge on any atom is -0.477 e. The van der Waals surface area contributed by atoms with Crippen LogP contribution in [0.5, 0.6) is 0 Å². The predicted octanol–water partition coefficient (Wildman–Crippen LogP) is 0.0107. The molecular formula is C11H11N3O4. The van der Waals surface area contributed by atoms with Gasteiger partial charge in [0, 0.05) is 11.8 Å². The molecule has 0 saturated carbocycles. The number of aliphatic carboxylic acids is 1. The average Bonchev–Trinajstić information content (AvgIpc) is 2.34. The summed E-state index contributed by atoms with van der Waals surface area (Å²) in [7, 11) is 0. The number of hydrogen-bond acceptors (Lipinski definition) is 3. The summed E-state index contributed by atoms with van der Waals surface area (Å²) in [5, 5.41) is 12.9. The van der Waals surface area contributed by atoms with Gasteiger partial charge in [0.05, 0.1) is 0 Å². The highest BCUT2D eigenvalue weighted by Crippen LogP contribution is 1.99. The van der Waals surface area contributed by atoms with Gasteiger partial charge in [-0.2, -0.15) is 0 Å². The van der Waals surface area contributed by atoms with Gasteiger partial charge in [0.25, 0.3) is 5.91 Å². The molecule has 0 spiro atoms. The molecule has 7 nitrogen and oxygen atoms in total. The smallest absolute Gasteiger partial charge is 0.353 e. The molecule has 0 aromatic heterocycles. The fourth-order valence-electron chi connectivity index (χ4n) is 1.08. The molecule has 0 aliphatic heterocycles. The van der Waals surface area contributed by atoms with Gasteiger partial charge in [-0.1, -0.05) is 18.2 Å². The number of hydrogen-bond donors (Lipinski definition) is 4. The van der Waals surface area contributed by atoms with Crippen molar-refractivity contribution < 1.29 is 19.5 Å². The van der Waals surface area contributed by atoms with Crippen molar-refractivity contribution in [2.45, 2.75) is 0 Å². The minimum atomic E-state index is -1.40. The van der Waals surface area contributed by atoms with Crippen LogP contribution in [0.1, 0.15) is 10.4 Å². The summed E-state index contributed by atoms with van der Waals surface area (Å²) in [5.74, 6) is -2.00. The van der Waals surface area contributed by atoms with Crippen molar-refractivity contribution in [1.82, 2.24) is 10.6 Å². The van der Waals surface area contributed by atoms with Crippen LogP contribution in [0.3, 0.4) is 0 Å². The van der Waals surface area contributed by atoms with Crippen LogP contribution >= 0.6 is 0 Å². The van der Waals surface area contributed by atoms with Gasteiger partial charge in [-0.3, -0.25) is 4.79 Å². The number of carboxylic acid groups (broad SMARTS) is 1. The molecule has 1 aromatic carbocycles. The van der Waals surface area contributed by atoms with Crippen molar-refractivity contribution in [2.75, 3.05) is 0 Å². The highest BCUT2D eigenvalue weighted by Gasteiger charge is 2.12. The van der Waals surface area contributed by atoms with Crippen LogP contribution in [0.15, 0.2) is 42.2 Å². The molecule has 1 rings (SSSR count). The lowest BCUT2D eigenvalue weighted by molar-refractivity contribution is -0.133. The Bertz CT molecular complexity index is 496. The fraction of sp³-hybridized carbons (Fsp3) is 0. The number of primary amides is 1. The molecule has 0 bridgehead atoms. The molecule has 0 radical (unpaired) electrons. The number of amides is 3. The van der Waals surface area contributed by atoms with E-state index in [-0.39, 0.29) is 0 Å². The molecule has 1 aromatic rings. The maximum atomic E-state index is 11.6. The third kappa shape index (κ3) is 3.97. The fourth-order valence-corrected chi connectivity index (χ4v) is 1.08. The quantitative estimate of drug-likeness (QED) is 0.561. The molecule has 0 unspecified atom stereocenters. The molecule has 18 heavy (non-hydrogen) atoms. The van der Waals surface area contributed by atoms with Gasteiger partial charge in [-0.05, 0) is 12.1 Å². The maximum absolute atomic E-state index is 11.6. The van der Waals surface area contributed by atoms with E-state index in [0.29, 0.717) is 5.56 Å². The van der Waals surface area contributed by atoms with Crippen LogP contribution in [0.2, 0.25) is 0 Å². The average molecular weight is 249 g/mol. The van der Waals surface area contributed by atoms with Crippen LogP contribution in [-0.4, -0.2) is 23.0 Å². The zero-order chi connectivity index (χ0) is 13.5. The third-order valence-electron chi connectivity index (χ3n) is 1.87. The van der Waals surface area contributed by atoms with E-state index < -0.39 is 23.6 Å². The van der Waals surface area contributed by atoms with E-state index in [0.717, 1.165) is 6.20 Å². The van der Waals surface area contributed by atoms with Crippen molar-refractivity contribution in [3.05, 3.63) is 47.8 Å². The topological polar surface area (TPSA) is 122 Å². The molecule has 94 valence electrons. The summed E-state index contributed by atoms with van der Waals surface area (Å²) in [6.45, 7) is 0. The van der Waals surface area contributed by atoms with Gasteiger partial charge in [0.15, 0.2) is 0 Å². The van der Waals surface area contributed by atoms with Crippen molar-refractivity contribution in [3.8, 4) is 0 Å². The molecule has 7 heteroatoms. The summed E-state index contributed by atoms with van der Waals surface area (Å²) in [6, 6.07) is 7.12. The number of nitrogens with two attached hydrogens (primary N) is 1. The Balaban J connectivity index is 2.79. The first-order chi connectivity index (χ1) is 8.50. The Kier molecular flexibility index (Phi) is 4.44. The molecule has 0 aliphatic carbocycles. The largest absolute Gasteiger partial charge is 0.477 e. The lowest BCUT2D eigenvalue weighted by Gasteiger charge is -2.05. The number of benzene rings is 1. The predicted molar refractivity (Wildman–Crippen MR) is 62.3 cm³/mol. The monoisotopic (exact) mass is 249 g/mol. The molecule has 0 fully saturated rings. The number of carbonyl (C=O) groups excluding carboxylic acids is 2. The molecule has 0 saturated heterocycles. The molecular weight excluding hydrogens is 238 g/mol. The van der Waals surface area contributed by atoms with Crippen LogP contribution in [0.4, 0.5) is 4.79 Å². The van der Waals surface area contributed by atoms with Crippen LogP contribution < -0.4 is 16.4 Å². The highest BCUT2D eigenvalue weighted by molar-refractivity contribution is 6.00. The van der Waals surface area contributed by atoms with E-state index in [9.17, 15) is 14.4 Å². The van der Waals surface area contributed by atoms with Gasteiger partial charge < -0.3 is 21.5 Å². The summed E-state index contributed by atoms with van der Waals surface area (Å²) < 4.78 is 0. The zero-order valence-corrected chi connectivity index (χ0v) is 9.21. The SMILES string of the molecule is NC(=O)N/C=C(/NC(=O)c1ccccc1)C(=O)O. The number of rotatable bonds is 4. The van der Waals surface area contributed by atoms with E-state index in [1.807, 2.05) is 5.32 Å². The van der Waals surface area contributed by atoms with E-state index in [1.54, 1.807) is 18.2 Å². The molecule has 0 aliphatic rings. The number of nitrogens with one attached hydrogen (secondary N) is 2. The minimum absolute atomic E-state index is 0.295. The second-order valence-corrected chi connectivity index (χ2v) is 3.19. The Hall–Kier alpha value is -2.83. The molecule has 0 atom stereocenters. The number of urea groups is 1. The van der Waals surface area contributed by atoms with Crippen LogP contribution in [0, 0.1) is 0 Å². The zero-order valence-electron chi connectivity index (χ0n) is 9.21. The Morgan fingerprint density at radius 3 is 2.28 bits per heavy atom. The third-order valence-corrected chi connectivity index (χ3v) is 1.87. The first kappa shape index (κ1) is 13.2. The van der Waals surface area contributed by atoms with E-state index in [4.69, 9.17) is 10.8 Å². The van der Waals surface area contributed by atoms with Crippen molar-refractivity contribution >= 4 is 17.9 Å². The standard InChI is InChI=1S/C11H11N3O4/c12-11(18)13-6-8(10(16)17)14-9(15)7-4-2-1-3-5-7/h1-6H,(H,14,15)(H,16,17)(H3,12,13,18)/b8-6+. The second kappa shape index (κ2) is 6.04. The summed E-state index contributed by atoms with van der Waals surface area (Å²) in [6.07, 6.45) is 0.811. The van der Waals surface area contributed by atoms with E-state index in [2.05, 4.69) is 5.32 Å². The Morgan fingerprint density at radius 1 is 1.17 bits per heavy atom. The van der Waals surface area contributed by atoms with Crippen LogP contribution in [0.25, 0.3) is 0 Å². The van der Waals surface area contributed by atoms with Crippen molar-refractivity contribution in [3.63, 3.8) is 0 Å². The summed E-state index contributed by atoms with van der Waals surface area (Å²) in [5.41, 5.74) is 4.59. The Morgan fingerprint density at radius 2 is 1.78 bits per heavy atom. The van der Waals surface area contributed by atoms with Gasteiger partial charge in [-0.25, -0.2) is 9.59 Å². The second-order valence-electron chi connectivity index (χ2n) is 3.19. The van der Waals surface area contributed by atoms with Gasteiger partial charge in [0.2, 0.25) is 0 Å². The number of carbonyl (C=O) groups is 3. The van der Waals surface area contributed by atoms with E-state index >= 15 is 0 Å². The maximum Gasteiger partial charge on any atom is 0.353 e. The van der Waals surface area contributed by atoms with Gasteiger partial charge >= 0.3 is 12.0 Å². The Labute approximate surface area is 102 Å². The van der Waals surface area contributed by atoms with E-state index in [1.165, 1.54) is 12.1 Å². The summed E-state index contributed by atoms with van der Waals surface area (Å²) >= 11 is 0. The number of carboxylic acids is 1. The lowest BCUT2D eigenvalue weighted by Crippen LogP contribution is -2.31.